The molecule has 2 amide bonds. The largest absolute Gasteiger partial charge is 0.322 e. The van der Waals surface area contributed by atoms with Gasteiger partial charge in [-0.1, -0.05) is 35.9 Å². The minimum atomic E-state index is -0.0889. The summed E-state index contributed by atoms with van der Waals surface area (Å²) in [7, 11) is 1.87. The quantitative estimate of drug-likeness (QED) is 0.855. The van der Waals surface area contributed by atoms with E-state index in [0.29, 0.717) is 6.54 Å². The first kappa shape index (κ1) is 18.1. The zero-order valence-corrected chi connectivity index (χ0v) is 15.6. The van der Waals surface area contributed by atoms with E-state index in [1.165, 1.54) is 5.56 Å². The van der Waals surface area contributed by atoms with Crippen LogP contribution in [0.25, 0.3) is 0 Å². The average Bonchev–Trinajstić information content (AvgIpc) is 2.92. The first-order valence-corrected chi connectivity index (χ1v) is 9.02. The van der Waals surface area contributed by atoms with Crippen LogP contribution >= 0.6 is 0 Å². The van der Waals surface area contributed by atoms with Crippen LogP contribution in [0.2, 0.25) is 0 Å². The number of quaternary nitrogens is 1. The maximum absolute atomic E-state index is 12.8. The second-order valence-corrected chi connectivity index (χ2v) is 7.17. The molecular formula is C21H26N3O2+. The van der Waals surface area contributed by atoms with Crippen LogP contribution in [0, 0.1) is 6.92 Å². The van der Waals surface area contributed by atoms with Crippen LogP contribution in [0.3, 0.4) is 0 Å². The minimum absolute atomic E-state index is 0.0584. The lowest BCUT2D eigenvalue weighted by Gasteiger charge is -2.24. The third kappa shape index (κ3) is 4.11. The molecule has 5 nitrogen and oxygen atoms in total. The van der Waals surface area contributed by atoms with E-state index in [1.54, 1.807) is 0 Å². The summed E-state index contributed by atoms with van der Waals surface area (Å²) in [5.74, 6) is -0.0305. The van der Waals surface area contributed by atoms with Crippen molar-refractivity contribution in [3.05, 3.63) is 59.7 Å². The van der Waals surface area contributed by atoms with Crippen LogP contribution in [0.15, 0.2) is 48.5 Å². The van der Waals surface area contributed by atoms with Crippen LogP contribution in [0.4, 0.5) is 11.4 Å². The number of amides is 2. The molecule has 1 aliphatic rings. The van der Waals surface area contributed by atoms with Crippen LogP contribution in [0.5, 0.6) is 0 Å². The normalized spacial score (nSPS) is 16.9. The van der Waals surface area contributed by atoms with Gasteiger partial charge in [0.2, 0.25) is 0 Å². The topological polar surface area (TPSA) is 53.9 Å². The van der Waals surface area contributed by atoms with Crippen LogP contribution in [-0.4, -0.2) is 38.0 Å². The third-order valence-electron chi connectivity index (χ3n) is 4.73. The number of anilines is 2. The summed E-state index contributed by atoms with van der Waals surface area (Å²) in [6, 6.07) is 15.9. The van der Waals surface area contributed by atoms with Crippen molar-refractivity contribution in [3.8, 4) is 0 Å². The van der Waals surface area contributed by atoms with Gasteiger partial charge in [-0.3, -0.25) is 9.59 Å². The summed E-state index contributed by atoms with van der Waals surface area (Å²) in [4.78, 5) is 27.7. The second kappa shape index (κ2) is 7.70. The van der Waals surface area contributed by atoms with Gasteiger partial charge in [0, 0.05) is 17.4 Å². The highest BCUT2D eigenvalue weighted by molar-refractivity contribution is 5.97. The Kier molecular flexibility index (Phi) is 5.38. The highest BCUT2D eigenvalue weighted by Gasteiger charge is 2.32. The number of carbonyl (C=O) groups excluding carboxylic acids is 2. The molecule has 5 heteroatoms. The number of fused-ring (bicyclic) bond motifs is 1. The van der Waals surface area contributed by atoms with E-state index in [1.807, 2.05) is 61.3 Å². The standard InChI is InChI=1S/C21H25N3O2/c1-15-8-10-18(11-9-15)22-20(25)13-23(3)14-21(26)24-16(2)12-17-6-4-5-7-19(17)24/h4-11,16H,12-14H2,1-3H3,(H,22,25)/p+1/t16-/m1/s1. The Labute approximate surface area is 154 Å². The molecule has 1 heterocycles. The van der Waals surface area contributed by atoms with E-state index in [-0.39, 0.29) is 24.4 Å². The first-order chi connectivity index (χ1) is 12.4. The number of hydrogen-bond acceptors (Lipinski definition) is 2. The zero-order valence-electron chi connectivity index (χ0n) is 15.6. The molecule has 0 saturated heterocycles. The molecule has 0 aliphatic carbocycles. The monoisotopic (exact) mass is 352 g/mol. The van der Waals surface area contributed by atoms with Crippen molar-refractivity contribution in [1.29, 1.82) is 0 Å². The Morgan fingerprint density at radius 3 is 2.54 bits per heavy atom. The van der Waals surface area contributed by atoms with Crippen molar-refractivity contribution < 1.29 is 14.5 Å². The molecule has 136 valence electrons. The lowest BCUT2D eigenvalue weighted by atomic mass is 10.1. The molecule has 0 bridgehead atoms. The van der Waals surface area contributed by atoms with Gasteiger partial charge < -0.3 is 15.1 Å². The number of carbonyl (C=O) groups is 2. The van der Waals surface area contributed by atoms with Crippen molar-refractivity contribution in [1.82, 2.24) is 0 Å². The maximum atomic E-state index is 12.8. The number of para-hydroxylation sites is 1. The molecule has 3 rings (SSSR count). The Balaban J connectivity index is 1.56. The van der Waals surface area contributed by atoms with Gasteiger partial charge in [-0.15, -0.1) is 0 Å². The molecule has 2 aromatic carbocycles. The summed E-state index contributed by atoms with van der Waals surface area (Å²) in [5.41, 5.74) is 4.14. The lowest BCUT2D eigenvalue weighted by molar-refractivity contribution is -0.862. The zero-order chi connectivity index (χ0) is 18.7. The number of nitrogens with one attached hydrogen (secondary N) is 2. The molecule has 26 heavy (non-hydrogen) atoms. The average molecular weight is 352 g/mol. The SMILES string of the molecule is Cc1ccc(NC(=O)C[NH+](C)CC(=O)N2c3ccccc3C[C@H]2C)cc1. The fourth-order valence-corrected chi connectivity index (χ4v) is 3.47. The van der Waals surface area contributed by atoms with Crippen molar-refractivity contribution in [3.63, 3.8) is 0 Å². The molecule has 2 N–H and O–H groups in total. The number of rotatable bonds is 5. The Hall–Kier alpha value is -2.66. The van der Waals surface area contributed by atoms with Gasteiger partial charge in [0.25, 0.3) is 11.8 Å². The molecule has 0 saturated carbocycles. The van der Waals surface area contributed by atoms with Crippen LogP contribution in [-0.2, 0) is 16.0 Å². The van der Waals surface area contributed by atoms with Gasteiger partial charge in [0.1, 0.15) is 0 Å². The highest BCUT2D eigenvalue weighted by Crippen LogP contribution is 2.31. The van der Waals surface area contributed by atoms with Crippen molar-refractivity contribution >= 4 is 23.2 Å². The number of nitrogens with zero attached hydrogens (tertiary/aromatic N) is 1. The van der Waals surface area contributed by atoms with Crippen LogP contribution < -0.4 is 15.1 Å². The van der Waals surface area contributed by atoms with E-state index >= 15 is 0 Å². The first-order valence-electron chi connectivity index (χ1n) is 9.02. The molecule has 0 aromatic heterocycles. The molecule has 0 fully saturated rings. The van der Waals surface area contributed by atoms with E-state index in [9.17, 15) is 9.59 Å². The molecule has 1 aliphatic heterocycles. The summed E-state index contributed by atoms with van der Waals surface area (Å²) >= 11 is 0. The van der Waals surface area contributed by atoms with Gasteiger partial charge in [-0.2, -0.15) is 0 Å². The fourth-order valence-electron chi connectivity index (χ4n) is 3.47. The fraction of sp³-hybridized carbons (Fsp3) is 0.333. The molecule has 2 aromatic rings. The molecule has 0 radical (unpaired) electrons. The van der Waals surface area contributed by atoms with E-state index in [4.69, 9.17) is 0 Å². The van der Waals surface area contributed by atoms with E-state index in [2.05, 4.69) is 18.3 Å². The summed E-state index contributed by atoms with van der Waals surface area (Å²) < 4.78 is 0. The Morgan fingerprint density at radius 2 is 1.81 bits per heavy atom. The van der Waals surface area contributed by atoms with Gasteiger partial charge in [-0.25, -0.2) is 0 Å². The predicted molar refractivity (Wildman–Crippen MR) is 104 cm³/mol. The highest BCUT2D eigenvalue weighted by atomic mass is 16.2. The summed E-state index contributed by atoms with van der Waals surface area (Å²) in [6.45, 7) is 4.62. The summed E-state index contributed by atoms with van der Waals surface area (Å²) in [6.07, 6.45) is 0.884. The van der Waals surface area contributed by atoms with Gasteiger partial charge >= 0.3 is 0 Å². The molecular weight excluding hydrogens is 326 g/mol. The van der Waals surface area contributed by atoms with Crippen LogP contribution in [0.1, 0.15) is 18.1 Å². The number of likely N-dealkylation sites (N-methyl/N-ethyl adjacent to an activating group) is 1. The molecule has 1 unspecified atom stereocenters. The number of aryl methyl sites for hydroxylation is 1. The van der Waals surface area contributed by atoms with Crippen molar-refractivity contribution in [2.45, 2.75) is 26.3 Å². The lowest BCUT2D eigenvalue weighted by Crippen LogP contribution is -3.11. The minimum Gasteiger partial charge on any atom is -0.322 e. The Morgan fingerprint density at radius 1 is 1.12 bits per heavy atom. The molecule has 2 atom stereocenters. The number of benzene rings is 2. The maximum Gasteiger partial charge on any atom is 0.282 e. The second-order valence-electron chi connectivity index (χ2n) is 7.17. The third-order valence-corrected chi connectivity index (χ3v) is 4.73. The van der Waals surface area contributed by atoms with E-state index < -0.39 is 0 Å². The summed E-state index contributed by atoms with van der Waals surface area (Å²) in [5, 5.41) is 2.88. The van der Waals surface area contributed by atoms with Gasteiger partial charge in [0.05, 0.1) is 7.05 Å². The predicted octanol–water partition coefficient (Wildman–Crippen LogP) is 1.43. The number of hydrogen-bond donors (Lipinski definition) is 2. The molecule has 0 spiro atoms. The van der Waals surface area contributed by atoms with Gasteiger partial charge in [0.15, 0.2) is 13.1 Å². The van der Waals surface area contributed by atoms with Crippen molar-refractivity contribution in [2.75, 3.05) is 30.4 Å². The van der Waals surface area contributed by atoms with E-state index in [0.717, 1.165) is 28.3 Å². The van der Waals surface area contributed by atoms with Crippen molar-refractivity contribution in [2.24, 2.45) is 0 Å². The Bertz CT molecular complexity index is 801. The smallest absolute Gasteiger partial charge is 0.282 e. The van der Waals surface area contributed by atoms with Gasteiger partial charge in [-0.05, 0) is 44.0 Å².